The van der Waals surface area contributed by atoms with Crippen molar-refractivity contribution in [2.24, 2.45) is 0 Å². The van der Waals surface area contributed by atoms with Crippen molar-refractivity contribution in [3.05, 3.63) is 61.0 Å². The highest BCUT2D eigenvalue weighted by Crippen LogP contribution is 2.27. The molecule has 0 aliphatic heterocycles. The first-order chi connectivity index (χ1) is 9.45. The van der Waals surface area contributed by atoms with Crippen LogP contribution in [0.2, 0.25) is 4.34 Å². The van der Waals surface area contributed by atoms with Crippen molar-refractivity contribution in [2.75, 3.05) is 0 Å². The predicted octanol–water partition coefficient (Wildman–Crippen LogP) is 4.30. The summed E-state index contributed by atoms with van der Waals surface area (Å²) < 4.78 is 14.0. The zero-order valence-corrected chi connectivity index (χ0v) is 12.2. The van der Waals surface area contributed by atoms with Crippen molar-refractivity contribution in [2.45, 2.75) is 19.5 Å². The molecule has 0 fully saturated rings. The van der Waals surface area contributed by atoms with E-state index in [0.29, 0.717) is 16.4 Å². The van der Waals surface area contributed by atoms with Gasteiger partial charge in [0.2, 0.25) is 0 Å². The monoisotopic (exact) mass is 314 g/mol. The van der Waals surface area contributed by atoms with Crippen molar-refractivity contribution in [1.82, 2.24) is 5.32 Å². The Bertz CT molecular complexity index is 633. The second kappa shape index (κ2) is 6.30. The first kappa shape index (κ1) is 14.9. The number of nitrogens with zero attached hydrogens (tertiary/aromatic N) is 1. The van der Waals surface area contributed by atoms with Crippen LogP contribution in [-0.2, 0) is 6.54 Å². The van der Waals surface area contributed by atoms with Crippen LogP contribution in [0.1, 0.15) is 23.4 Å². The molecule has 106 valence electrons. The summed E-state index contributed by atoms with van der Waals surface area (Å²) in [4.78, 5) is 11.1. The first-order valence-corrected chi connectivity index (χ1v) is 7.07. The highest BCUT2D eigenvalue weighted by atomic mass is 35.5. The average Bonchev–Trinajstić information content (AvgIpc) is 2.82. The summed E-state index contributed by atoms with van der Waals surface area (Å²) >= 11 is 7.33. The van der Waals surface area contributed by atoms with Gasteiger partial charge in [0.25, 0.3) is 5.69 Å². The number of nitro benzene ring substituents is 1. The highest BCUT2D eigenvalue weighted by Gasteiger charge is 2.12. The maximum atomic E-state index is 13.3. The first-order valence-electron chi connectivity index (χ1n) is 5.88. The van der Waals surface area contributed by atoms with E-state index in [4.69, 9.17) is 11.6 Å². The number of rotatable bonds is 5. The zero-order valence-electron chi connectivity index (χ0n) is 10.6. The molecule has 1 atom stereocenters. The molecule has 20 heavy (non-hydrogen) atoms. The topological polar surface area (TPSA) is 55.2 Å². The Morgan fingerprint density at radius 1 is 1.45 bits per heavy atom. The highest BCUT2D eigenvalue weighted by molar-refractivity contribution is 7.16. The van der Waals surface area contributed by atoms with Gasteiger partial charge >= 0.3 is 0 Å². The van der Waals surface area contributed by atoms with Crippen molar-refractivity contribution >= 4 is 28.6 Å². The summed E-state index contributed by atoms with van der Waals surface area (Å²) in [6.45, 7) is 2.30. The van der Waals surface area contributed by atoms with Gasteiger partial charge in [-0.25, -0.2) is 4.39 Å². The number of nitrogens with one attached hydrogen (secondary N) is 1. The Morgan fingerprint density at radius 3 is 2.80 bits per heavy atom. The molecule has 7 heteroatoms. The van der Waals surface area contributed by atoms with Gasteiger partial charge in [-0.3, -0.25) is 10.1 Å². The Kier molecular flexibility index (Phi) is 4.69. The van der Waals surface area contributed by atoms with Crippen LogP contribution in [0.4, 0.5) is 10.1 Å². The molecular weight excluding hydrogens is 303 g/mol. The average molecular weight is 315 g/mol. The van der Waals surface area contributed by atoms with Crippen LogP contribution in [-0.4, -0.2) is 4.92 Å². The van der Waals surface area contributed by atoms with Crippen LogP contribution in [0.5, 0.6) is 0 Å². The van der Waals surface area contributed by atoms with Crippen LogP contribution in [0.3, 0.4) is 0 Å². The Balaban J connectivity index is 2.05. The standard InChI is InChI=1S/C13H12ClFN2O2S/c1-8(12-2-3-13(14)20-12)16-7-9-4-10(15)6-11(5-9)17(18)19/h2-6,8,16H,7H2,1H3. The Labute approximate surface area is 124 Å². The largest absolute Gasteiger partial charge is 0.305 e. The van der Waals surface area contributed by atoms with Crippen LogP contribution in [0, 0.1) is 15.9 Å². The smallest absolute Gasteiger partial charge is 0.272 e. The van der Waals surface area contributed by atoms with E-state index in [2.05, 4.69) is 5.32 Å². The molecule has 0 saturated carbocycles. The van der Waals surface area contributed by atoms with Gasteiger partial charge in [-0.05, 0) is 30.7 Å². The maximum absolute atomic E-state index is 13.3. The van der Waals surface area contributed by atoms with Gasteiger partial charge in [0.1, 0.15) is 5.82 Å². The molecule has 2 rings (SSSR count). The minimum absolute atomic E-state index is 0.0369. The molecule has 1 N–H and O–H groups in total. The van der Waals surface area contributed by atoms with E-state index in [0.717, 1.165) is 10.9 Å². The van der Waals surface area contributed by atoms with Gasteiger partial charge < -0.3 is 5.32 Å². The van der Waals surface area contributed by atoms with Crippen molar-refractivity contribution in [1.29, 1.82) is 0 Å². The van der Waals surface area contributed by atoms with Crippen molar-refractivity contribution in [3.63, 3.8) is 0 Å². The van der Waals surface area contributed by atoms with Gasteiger partial charge in [0.15, 0.2) is 0 Å². The lowest BCUT2D eigenvalue weighted by molar-refractivity contribution is -0.385. The molecule has 0 saturated heterocycles. The van der Waals surface area contributed by atoms with E-state index < -0.39 is 10.7 Å². The van der Waals surface area contributed by atoms with Gasteiger partial charge in [-0.15, -0.1) is 11.3 Å². The molecule has 1 heterocycles. The molecule has 2 aromatic rings. The number of benzene rings is 1. The lowest BCUT2D eigenvalue weighted by atomic mass is 10.1. The summed E-state index contributed by atoms with van der Waals surface area (Å²) in [6, 6.07) is 7.32. The fraction of sp³-hybridized carbons (Fsp3) is 0.231. The Morgan fingerprint density at radius 2 is 2.20 bits per heavy atom. The van der Waals surface area contributed by atoms with Crippen molar-refractivity contribution < 1.29 is 9.31 Å². The third-order valence-electron chi connectivity index (χ3n) is 2.79. The fourth-order valence-corrected chi connectivity index (χ4v) is 2.86. The minimum Gasteiger partial charge on any atom is -0.305 e. The summed E-state index contributed by atoms with van der Waals surface area (Å²) in [5.74, 6) is -0.608. The van der Waals surface area contributed by atoms with E-state index in [1.807, 2.05) is 19.1 Å². The predicted molar refractivity (Wildman–Crippen MR) is 77.6 cm³/mol. The Hall–Kier alpha value is -1.50. The van der Waals surface area contributed by atoms with E-state index in [1.54, 1.807) is 0 Å². The van der Waals surface area contributed by atoms with Crippen LogP contribution < -0.4 is 5.32 Å². The molecule has 1 aromatic heterocycles. The van der Waals surface area contributed by atoms with Gasteiger partial charge in [0.05, 0.1) is 15.3 Å². The number of hydrogen-bond acceptors (Lipinski definition) is 4. The zero-order chi connectivity index (χ0) is 14.7. The molecule has 4 nitrogen and oxygen atoms in total. The van der Waals surface area contributed by atoms with E-state index >= 15 is 0 Å². The molecule has 0 bridgehead atoms. The lowest BCUT2D eigenvalue weighted by Crippen LogP contribution is -2.17. The number of thiophene rings is 1. The molecule has 1 unspecified atom stereocenters. The van der Waals surface area contributed by atoms with Gasteiger partial charge in [0, 0.05) is 23.5 Å². The molecular formula is C13H12ClFN2O2S. The van der Waals surface area contributed by atoms with Gasteiger partial charge in [-0.1, -0.05) is 11.6 Å². The maximum Gasteiger partial charge on any atom is 0.272 e. The molecule has 0 spiro atoms. The van der Waals surface area contributed by atoms with Gasteiger partial charge in [-0.2, -0.15) is 0 Å². The number of nitro groups is 1. The summed E-state index contributed by atoms with van der Waals surface area (Å²) in [6.07, 6.45) is 0. The molecule has 0 amide bonds. The molecule has 0 aliphatic carbocycles. The van der Waals surface area contributed by atoms with E-state index in [9.17, 15) is 14.5 Å². The van der Waals surface area contributed by atoms with Crippen molar-refractivity contribution in [3.8, 4) is 0 Å². The lowest BCUT2D eigenvalue weighted by Gasteiger charge is -2.12. The number of halogens is 2. The summed E-state index contributed by atoms with van der Waals surface area (Å²) in [5, 5.41) is 13.9. The SMILES string of the molecule is CC(NCc1cc(F)cc([N+](=O)[O-])c1)c1ccc(Cl)s1. The van der Waals surface area contributed by atoms with Crippen LogP contribution in [0.25, 0.3) is 0 Å². The van der Waals surface area contributed by atoms with Crippen LogP contribution >= 0.6 is 22.9 Å². The summed E-state index contributed by atoms with van der Waals surface area (Å²) in [7, 11) is 0. The quantitative estimate of drug-likeness (QED) is 0.661. The third kappa shape index (κ3) is 3.75. The van der Waals surface area contributed by atoms with Crippen LogP contribution in [0.15, 0.2) is 30.3 Å². The van der Waals surface area contributed by atoms with E-state index in [-0.39, 0.29) is 11.7 Å². The number of non-ortho nitro benzene ring substituents is 1. The second-order valence-electron chi connectivity index (χ2n) is 4.32. The summed E-state index contributed by atoms with van der Waals surface area (Å²) in [5.41, 5.74) is 0.292. The molecule has 1 aromatic carbocycles. The normalized spacial score (nSPS) is 12.3. The fourth-order valence-electron chi connectivity index (χ4n) is 1.77. The molecule has 0 radical (unpaired) electrons. The van der Waals surface area contributed by atoms with E-state index in [1.165, 1.54) is 23.5 Å². The minimum atomic E-state index is -0.608. The second-order valence-corrected chi connectivity index (χ2v) is 6.07. The third-order valence-corrected chi connectivity index (χ3v) is 4.20. The number of hydrogen-bond donors (Lipinski definition) is 1. The molecule has 0 aliphatic rings.